The lowest BCUT2D eigenvalue weighted by atomic mass is 10.2. The zero-order valence-corrected chi connectivity index (χ0v) is 16.5. The molecule has 1 atom stereocenters. The first-order valence-corrected chi connectivity index (χ1v) is 9.34. The van der Waals surface area contributed by atoms with E-state index in [9.17, 15) is 9.59 Å². The van der Waals surface area contributed by atoms with Gasteiger partial charge in [0.1, 0.15) is 12.3 Å². The molecule has 0 aliphatic carbocycles. The number of anilines is 1. The molecule has 0 N–H and O–H groups in total. The summed E-state index contributed by atoms with van der Waals surface area (Å²) in [5.74, 6) is 0.304. The first kappa shape index (κ1) is 19.8. The molecule has 0 spiro atoms. The minimum Gasteiger partial charge on any atom is -0.479 e. The molecular weight excluding hydrogens is 356 g/mol. The molecule has 3 rings (SSSR count). The van der Waals surface area contributed by atoms with Crippen molar-refractivity contribution in [1.82, 2.24) is 14.8 Å². The number of rotatable bonds is 7. The van der Waals surface area contributed by atoms with Gasteiger partial charge in [-0.2, -0.15) is 0 Å². The molecule has 1 aromatic carbocycles. The van der Waals surface area contributed by atoms with E-state index >= 15 is 0 Å². The number of benzene rings is 1. The standard InChI is InChI=1S/C21H26N4O3/c1-16-21(27)25(18-8-4-5-9-19(18)28-16)15-20(26)24(12-11-23(2)3)14-17-7-6-10-22-13-17/h4-10,13,16H,11-12,14-15H2,1-3H3. The molecule has 2 heterocycles. The first-order valence-electron chi connectivity index (χ1n) is 9.34. The summed E-state index contributed by atoms with van der Waals surface area (Å²) in [6.45, 7) is 3.44. The van der Waals surface area contributed by atoms with Crippen molar-refractivity contribution in [2.24, 2.45) is 0 Å². The Balaban J connectivity index is 1.79. The molecule has 0 radical (unpaired) electrons. The maximum atomic E-state index is 13.1. The Morgan fingerprint density at radius 2 is 1.96 bits per heavy atom. The zero-order chi connectivity index (χ0) is 20.1. The van der Waals surface area contributed by atoms with E-state index < -0.39 is 6.10 Å². The van der Waals surface area contributed by atoms with Gasteiger partial charge in [0.05, 0.1) is 5.69 Å². The number of aromatic nitrogens is 1. The van der Waals surface area contributed by atoms with Crippen LogP contribution in [0, 0.1) is 0 Å². The van der Waals surface area contributed by atoms with Gasteiger partial charge in [0.15, 0.2) is 6.10 Å². The van der Waals surface area contributed by atoms with Gasteiger partial charge in [0.25, 0.3) is 5.91 Å². The van der Waals surface area contributed by atoms with Crippen molar-refractivity contribution in [2.75, 3.05) is 38.6 Å². The summed E-state index contributed by atoms with van der Waals surface area (Å²) in [6.07, 6.45) is 2.85. The quantitative estimate of drug-likeness (QED) is 0.730. The highest BCUT2D eigenvalue weighted by Crippen LogP contribution is 2.33. The third kappa shape index (κ3) is 4.67. The van der Waals surface area contributed by atoms with Crippen molar-refractivity contribution in [1.29, 1.82) is 0 Å². The molecule has 2 amide bonds. The molecular formula is C21H26N4O3. The second-order valence-corrected chi connectivity index (χ2v) is 7.13. The Bertz CT molecular complexity index is 825. The van der Waals surface area contributed by atoms with Crippen molar-refractivity contribution in [3.8, 4) is 5.75 Å². The number of likely N-dealkylation sites (N-methyl/N-ethyl adjacent to an activating group) is 1. The van der Waals surface area contributed by atoms with Crippen LogP contribution < -0.4 is 9.64 Å². The van der Waals surface area contributed by atoms with Crippen LogP contribution in [0.2, 0.25) is 0 Å². The number of carbonyl (C=O) groups is 2. The van der Waals surface area contributed by atoms with Gasteiger partial charge in [-0.3, -0.25) is 19.5 Å². The van der Waals surface area contributed by atoms with Gasteiger partial charge in [-0.25, -0.2) is 0 Å². The van der Waals surface area contributed by atoms with E-state index in [0.29, 0.717) is 24.5 Å². The van der Waals surface area contributed by atoms with Crippen LogP contribution in [0.5, 0.6) is 5.75 Å². The second kappa shape index (κ2) is 8.84. The van der Waals surface area contributed by atoms with Crippen LogP contribution in [0.1, 0.15) is 12.5 Å². The molecule has 28 heavy (non-hydrogen) atoms. The summed E-state index contributed by atoms with van der Waals surface area (Å²) < 4.78 is 5.66. The SMILES string of the molecule is CC1Oc2ccccc2N(CC(=O)N(CCN(C)C)Cc2cccnc2)C1=O. The van der Waals surface area contributed by atoms with Crippen molar-refractivity contribution in [2.45, 2.75) is 19.6 Å². The van der Waals surface area contributed by atoms with E-state index in [1.165, 1.54) is 4.90 Å². The fourth-order valence-corrected chi connectivity index (χ4v) is 3.08. The van der Waals surface area contributed by atoms with Crippen LogP contribution in [-0.4, -0.2) is 66.4 Å². The van der Waals surface area contributed by atoms with Crippen LogP contribution in [0.3, 0.4) is 0 Å². The highest BCUT2D eigenvalue weighted by Gasteiger charge is 2.33. The average molecular weight is 382 g/mol. The Morgan fingerprint density at radius 1 is 1.18 bits per heavy atom. The van der Waals surface area contributed by atoms with Crippen LogP contribution in [0.15, 0.2) is 48.8 Å². The molecule has 1 aliphatic heterocycles. The largest absolute Gasteiger partial charge is 0.479 e. The fraction of sp³-hybridized carbons (Fsp3) is 0.381. The second-order valence-electron chi connectivity index (χ2n) is 7.13. The summed E-state index contributed by atoms with van der Waals surface area (Å²) >= 11 is 0. The lowest BCUT2D eigenvalue weighted by molar-refractivity contribution is -0.133. The number of pyridine rings is 1. The summed E-state index contributed by atoms with van der Waals surface area (Å²) in [5.41, 5.74) is 1.59. The van der Waals surface area contributed by atoms with Crippen molar-refractivity contribution in [3.63, 3.8) is 0 Å². The normalized spacial score (nSPS) is 15.9. The summed E-state index contributed by atoms with van der Waals surface area (Å²) in [4.78, 5) is 35.3. The molecule has 7 heteroatoms. The van der Waals surface area contributed by atoms with Crippen LogP contribution in [0.25, 0.3) is 0 Å². The van der Waals surface area contributed by atoms with E-state index in [-0.39, 0.29) is 18.4 Å². The third-order valence-electron chi connectivity index (χ3n) is 4.63. The maximum absolute atomic E-state index is 13.1. The number of hydrogen-bond acceptors (Lipinski definition) is 5. The number of hydrogen-bond donors (Lipinski definition) is 0. The van der Waals surface area contributed by atoms with Crippen molar-refractivity contribution in [3.05, 3.63) is 54.4 Å². The van der Waals surface area contributed by atoms with Crippen LogP contribution in [0.4, 0.5) is 5.69 Å². The van der Waals surface area contributed by atoms with Crippen molar-refractivity contribution >= 4 is 17.5 Å². The predicted octanol–water partition coefficient (Wildman–Crippen LogP) is 1.79. The molecule has 7 nitrogen and oxygen atoms in total. The molecule has 0 bridgehead atoms. The number of ether oxygens (including phenoxy) is 1. The summed E-state index contributed by atoms with van der Waals surface area (Å²) in [6, 6.07) is 11.1. The molecule has 1 aromatic heterocycles. The van der Waals surface area contributed by atoms with Gasteiger partial charge >= 0.3 is 0 Å². The van der Waals surface area contributed by atoms with E-state index in [4.69, 9.17) is 4.74 Å². The minimum absolute atomic E-state index is 0.0166. The van der Waals surface area contributed by atoms with Gasteiger partial charge in [-0.15, -0.1) is 0 Å². The van der Waals surface area contributed by atoms with Crippen LogP contribution >= 0.6 is 0 Å². The van der Waals surface area contributed by atoms with E-state index in [1.54, 1.807) is 30.3 Å². The molecule has 0 saturated heterocycles. The van der Waals surface area contributed by atoms with E-state index in [0.717, 1.165) is 12.1 Å². The highest BCUT2D eigenvalue weighted by molar-refractivity contribution is 6.03. The zero-order valence-electron chi connectivity index (χ0n) is 16.5. The molecule has 2 aromatic rings. The minimum atomic E-state index is -0.615. The molecule has 148 valence electrons. The Labute approximate surface area is 165 Å². The number of fused-ring (bicyclic) bond motifs is 1. The Kier molecular flexibility index (Phi) is 6.26. The molecule has 1 aliphatic rings. The first-order chi connectivity index (χ1) is 13.5. The molecule has 0 fully saturated rings. The lowest BCUT2D eigenvalue weighted by Gasteiger charge is -2.34. The van der Waals surface area contributed by atoms with E-state index in [2.05, 4.69) is 4.98 Å². The average Bonchev–Trinajstić information content (AvgIpc) is 2.69. The van der Waals surface area contributed by atoms with E-state index in [1.807, 2.05) is 49.3 Å². The van der Waals surface area contributed by atoms with Crippen LogP contribution in [-0.2, 0) is 16.1 Å². The van der Waals surface area contributed by atoms with Gasteiger partial charge < -0.3 is 14.5 Å². The number of para-hydroxylation sites is 2. The Morgan fingerprint density at radius 3 is 2.68 bits per heavy atom. The predicted molar refractivity (Wildman–Crippen MR) is 107 cm³/mol. The van der Waals surface area contributed by atoms with Gasteiger partial charge in [0, 0.05) is 32.0 Å². The third-order valence-corrected chi connectivity index (χ3v) is 4.63. The van der Waals surface area contributed by atoms with Gasteiger partial charge in [0.2, 0.25) is 5.91 Å². The highest BCUT2D eigenvalue weighted by atomic mass is 16.5. The maximum Gasteiger partial charge on any atom is 0.268 e. The topological polar surface area (TPSA) is 66.0 Å². The summed E-state index contributed by atoms with van der Waals surface area (Å²) in [7, 11) is 3.94. The summed E-state index contributed by atoms with van der Waals surface area (Å²) in [5, 5.41) is 0. The Hall–Kier alpha value is -2.93. The monoisotopic (exact) mass is 382 g/mol. The number of amides is 2. The molecule has 1 unspecified atom stereocenters. The smallest absolute Gasteiger partial charge is 0.268 e. The lowest BCUT2D eigenvalue weighted by Crippen LogP contribution is -2.50. The van der Waals surface area contributed by atoms with Gasteiger partial charge in [-0.05, 0) is 44.8 Å². The number of nitrogens with zero attached hydrogens (tertiary/aromatic N) is 4. The molecule has 0 saturated carbocycles. The number of carbonyl (C=O) groups excluding carboxylic acids is 2. The fourth-order valence-electron chi connectivity index (χ4n) is 3.08. The van der Waals surface area contributed by atoms with Crippen molar-refractivity contribution < 1.29 is 14.3 Å². The van der Waals surface area contributed by atoms with Gasteiger partial charge in [-0.1, -0.05) is 18.2 Å².